The zero-order valence-corrected chi connectivity index (χ0v) is 14.5. The van der Waals surface area contributed by atoms with Crippen molar-refractivity contribution in [3.63, 3.8) is 0 Å². The number of aromatic nitrogens is 3. The molecule has 26 heavy (non-hydrogen) atoms. The van der Waals surface area contributed by atoms with Crippen LogP contribution in [0.3, 0.4) is 0 Å². The Labute approximate surface area is 151 Å². The van der Waals surface area contributed by atoms with Gasteiger partial charge in [0.25, 0.3) is 0 Å². The maximum Gasteiger partial charge on any atom is 0.417 e. The zero-order valence-electron chi connectivity index (χ0n) is 13.7. The van der Waals surface area contributed by atoms with E-state index in [0.29, 0.717) is 25.4 Å². The van der Waals surface area contributed by atoms with Crippen molar-refractivity contribution in [1.82, 2.24) is 15.0 Å². The second-order valence-corrected chi connectivity index (χ2v) is 5.41. The lowest BCUT2D eigenvalue weighted by Crippen LogP contribution is -2.24. The molecular formula is C14H14ClF3N6O2. The molecule has 1 N–H and O–H groups in total. The van der Waals surface area contributed by atoms with Crippen LogP contribution in [0.15, 0.2) is 18.6 Å². The van der Waals surface area contributed by atoms with Gasteiger partial charge in [-0.05, 0) is 19.9 Å². The molecule has 0 fully saturated rings. The number of nitrogens with zero attached hydrogens (tertiary/aromatic N) is 5. The van der Waals surface area contributed by atoms with E-state index >= 15 is 0 Å². The first-order chi connectivity index (χ1) is 12.2. The Morgan fingerprint density at radius 3 is 2.38 bits per heavy atom. The van der Waals surface area contributed by atoms with Gasteiger partial charge in [-0.3, -0.25) is 10.1 Å². The lowest BCUT2D eigenvalue weighted by atomic mass is 10.2. The Bertz CT molecular complexity index is 814. The molecule has 140 valence electrons. The largest absolute Gasteiger partial charge is 0.417 e. The van der Waals surface area contributed by atoms with Crippen molar-refractivity contribution in [3.8, 4) is 0 Å². The predicted octanol–water partition coefficient (Wildman–Crippen LogP) is 4.04. The molecule has 0 amide bonds. The Morgan fingerprint density at radius 2 is 1.88 bits per heavy atom. The number of rotatable bonds is 6. The highest BCUT2D eigenvalue weighted by molar-refractivity contribution is 6.33. The summed E-state index contributed by atoms with van der Waals surface area (Å²) < 4.78 is 38.0. The molecule has 0 aliphatic rings. The van der Waals surface area contributed by atoms with Gasteiger partial charge in [-0.2, -0.15) is 13.2 Å². The molecular weight excluding hydrogens is 377 g/mol. The molecule has 12 heteroatoms. The van der Waals surface area contributed by atoms with Crippen molar-refractivity contribution < 1.29 is 18.1 Å². The molecule has 0 bridgehead atoms. The predicted molar refractivity (Wildman–Crippen MR) is 89.8 cm³/mol. The topological polar surface area (TPSA) is 97.1 Å². The normalized spacial score (nSPS) is 11.3. The number of alkyl halides is 3. The van der Waals surface area contributed by atoms with E-state index in [1.165, 1.54) is 0 Å². The highest BCUT2D eigenvalue weighted by atomic mass is 35.5. The molecule has 8 nitrogen and oxygen atoms in total. The number of nitrogens with one attached hydrogen (secondary N) is 1. The Hall–Kier alpha value is -2.69. The van der Waals surface area contributed by atoms with E-state index in [2.05, 4.69) is 20.3 Å². The van der Waals surface area contributed by atoms with Crippen LogP contribution in [0.2, 0.25) is 5.02 Å². The van der Waals surface area contributed by atoms with Gasteiger partial charge >= 0.3 is 11.9 Å². The van der Waals surface area contributed by atoms with Gasteiger partial charge in [0, 0.05) is 19.3 Å². The van der Waals surface area contributed by atoms with E-state index in [1.807, 2.05) is 0 Å². The lowest BCUT2D eigenvalue weighted by Gasteiger charge is -2.20. The van der Waals surface area contributed by atoms with Crippen molar-refractivity contribution >= 4 is 34.7 Å². The number of hydrogen-bond acceptors (Lipinski definition) is 7. The van der Waals surface area contributed by atoms with Crippen LogP contribution >= 0.6 is 11.6 Å². The fraction of sp³-hybridized carbons (Fsp3) is 0.357. The number of hydrogen-bond donors (Lipinski definition) is 1. The van der Waals surface area contributed by atoms with Gasteiger partial charge in [0.2, 0.25) is 11.6 Å². The van der Waals surface area contributed by atoms with Gasteiger partial charge < -0.3 is 10.2 Å². The maximum absolute atomic E-state index is 12.7. The van der Waals surface area contributed by atoms with Gasteiger partial charge in [-0.25, -0.2) is 15.0 Å². The Morgan fingerprint density at radius 1 is 1.23 bits per heavy atom. The van der Waals surface area contributed by atoms with Crippen molar-refractivity contribution in [2.75, 3.05) is 23.3 Å². The summed E-state index contributed by atoms with van der Waals surface area (Å²) in [6.07, 6.45) is -2.92. The molecule has 0 spiro atoms. The first-order valence-corrected chi connectivity index (χ1v) is 7.80. The molecule has 0 radical (unpaired) electrons. The Kier molecular flexibility index (Phi) is 5.80. The maximum atomic E-state index is 12.7. The minimum Gasteiger partial charge on any atom is -0.351 e. The number of halogens is 4. The zero-order chi connectivity index (χ0) is 19.5. The third-order valence-corrected chi connectivity index (χ3v) is 3.74. The molecule has 0 unspecified atom stereocenters. The summed E-state index contributed by atoms with van der Waals surface area (Å²) in [5.74, 6) is -0.325. The van der Waals surface area contributed by atoms with Gasteiger partial charge in [0.1, 0.15) is 6.33 Å². The van der Waals surface area contributed by atoms with Crippen molar-refractivity contribution in [3.05, 3.63) is 39.3 Å². The van der Waals surface area contributed by atoms with E-state index in [1.54, 1.807) is 18.7 Å². The summed E-state index contributed by atoms with van der Waals surface area (Å²) in [5.41, 5.74) is -1.46. The highest BCUT2D eigenvalue weighted by Gasteiger charge is 2.32. The second kappa shape index (κ2) is 7.68. The standard InChI is InChI=1S/C14H14ClF3N6O2/c1-3-23(4-2)13-10(24(25)26)12(20-7-21-13)22-11-9(15)5-8(6-19-11)14(16,17)18/h5-7H,3-4H2,1-2H3,(H,19,20,21,22). The SMILES string of the molecule is CCN(CC)c1ncnc(Nc2ncc(C(F)(F)F)cc2Cl)c1[N+](=O)[O-]. The van der Waals surface area contributed by atoms with Crippen LogP contribution in [0.1, 0.15) is 19.4 Å². The lowest BCUT2D eigenvalue weighted by molar-refractivity contribution is -0.383. The monoisotopic (exact) mass is 390 g/mol. The van der Waals surface area contributed by atoms with Crippen LogP contribution in [-0.2, 0) is 6.18 Å². The van der Waals surface area contributed by atoms with Crippen LogP contribution < -0.4 is 10.2 Å². The van der Waals surface area contributed by atoms with Crippen LogP contribution in [0.5, 0.6) is 0 Å². The van der Waals surface area contributed by atoms with Crippen LogP contribution in [0.25, 0.3) is 0 Å². The highest BCUT2D eigenvalue weighted by Crippen LogP contribution is 2.36. The van der Waals surface area contributed by atoms with Crippen molar-refractivity contribution in [1.29, 1.82) is 0 Å². The molecule has 2 rings (SSSR count). The first kappa shape index (κ1) is 19.6. The smallest absolute Gasteiger partial charge is 0.351 e. The molecule has 0 aromatic carbocycles. The minimum atomic E-state index is -4.61. The van der Waals surface area contributed by atoms with E-state index in [-0.39, 0.29) is 22.5 Å². The molecule has 0 aliphatic heterocycles. The van der Waals surface area contributed by atoms with Crippen molar-refractivity contribution in [2.24, 2.45) is 0 Å². The van der Waals surface area contributed by atoms with E-state index in [0.717, 1.165) is 6.33 Å². The minimum absolute atomic E-state index is 0.0838. The van der Waals surface area contributed by atoms with E-state index < -0.39 is 22.4 Å². The third-order valence-electron chi connectivity index (χ3n) is 3.45. The average Bonchev–Trinajstić information content (AvgIpc) is 2.56. The number of pyridine rings is 1. The molecule has 0 saturated carbocycles. The van der Waals surface area contributed by atoms with Crippen LogP contribution in [0.4, 0.5) is 36.3 Å². The molecule has 0 aliphatic carbocycles. The molecule has 2 heterocycles. The van der Waals surface area contributed by atoms with E-state index in [4.69, 9.17) is 11.6 Å². The fourth-order valence-electron chi connectivity index (χ4n) is 2.18. The van der Waals surface area contributed by atoms with Gasteiger partial charge in [0.15, 0.2) is 5.82 Å². The van der Waals surface area contributed by atoms with Crippen LogP contribution in [0, 0.1) is 10.1 Å². The first-order valence-electron chi connectivity index (χ1n) is 7.43. The number of anilines is 3. The summed E-state index contributed by atoms with van der Waals surface area (Å²) >= 11 is 5.83. The van der Waals surface area contributed by atoms with Gasteiger partial charge in [-0.1, -0.05) is 11.6 Å². The molecule has 2 aromatic heterocycles. The Balaban J connectivity index is 2.47. The van der Waals surface area contributed by atoms with E-state index in [9.17, 15) is 23.3 Å². The summed E-state index contributed by atoms with van der Waals surface area (Å²) in [6.45, 7) is 4.54. The molecule has 2 aromatic rings. The van der Waals surface area contributed by atoms with Gasteiger partial charge in [-0.15, -0.1) is 0 Å². The number of nitro groups is 1. The fourth-order valence-corrected chi connectivity index (χ4v) is 2.39. The molecule has 0 atom stereocenters. The summed E-state index contributed by atoms with van der Waals surface area (Å²) in [5, 5.41) is 13.7. The average molecular weight is 391 g/mol. The third kappa shape index (κ3) is 4.10. The van der Waals surface area contributed by atoms with Gasteiger partial charge in [0.05, 0.1) is 15.5 Å². The summed E-state index contributed by atoms with van der Waals surface area (Å²) in [6, 6.07) is 0.676. The summed E-state index contributed by atoms with van der Waals surface area (Å²) in [7, 11) is 0. The summed E-state index contributed by atoms with van der Waals surface area (Å²) in [4.78, 5) is 23.8. The second-order valence-electron chi connectivity index (χ2n) is 5.00. The molecule has 0 saturated heterocycles. The van der Waals surface area contributed by atoms with Crippen LogP contribution in [-0.4, -0.2) is 33.0 Å². The quantitative estimate of drug-likeness (QED) is 0.587. The van der Waals surface area contributed by atoms with Crippen molar-refractivity contribution in [2.45, 2.75) is 20.0 Å².